The van der Waals surface area contributed by atoms with Gasteiger partial charge in [0.25, 0.3) is 0 Å². The van der Waals surface area contributed by atoms with Gasteiger partial charge in [-0.2, -0.15) is 43.2 Å². The number of alkyl halides is 6. The maximum absolute atomic E-state index is 12.9. The average Bonchev–Trinajstić information content (AvgIpc) is 2.81. The molecule has 2 aromatic rings. The van der Waals surface area contributed by atoms with Crippen molar-refractivity contribution in [1.29, 1.82) is 0 Å². The molecule has 0 fully saturated rings. The third-order valence-corrected chi connectivity index (χ3v) is 9.92. The zero-order chi connectivity index (χ0) is 30.4. The molecule has 226 valence electrons. The van der Waals surface area contributed by atoms with E-state index in [-0.39, 0.29) is 24.0 Å². The zero-order valence-corrected chi connectivity index (χ0v) is 24.6. The van der Waals surface area contributed by atoms with Crippen LogP contribution in [0.3, 0.4) is 0 Å². The Morgan fingerprint density at radius 1 is 0.700 bits per heavy atom. The van der Waals surface area contributed by atoms with Gasteiger partial charge in [0.1, 0.15) is 9.79 Å². The van der Waals surface area contributed by atoms with Crippen LogP contribution in [0.15, 0.2) is 56.0 Å². The van der Waals surface area contributed by atoms with Crippen molar-refractivity contribution in [2.45, 2.75) is 57.3 Å². The summed E-state index contributed by atoms with van der Waals surface area (Å²) in [6.45, 7) is 0.423. The number of benzene rings is 2. The molecule has 0 saturated carbocycles. The molecule has 9 nitrogen and oxygen atoms in total. The van der Waals surface area contributed by atoms with Gasteiger partial charge in [-0.1, -0.05) is 38.1 Å². The van der Waals surface area contributed by atoms with Crippen LogP contribution < -0.4 is 0 Å². The highest BCUT2D eigenvalue weighted by atomic mass is 32.2. The fourth-order valence-corrected chi connectivity index (χ4v) is 8.04. The van der Waals surface area contributed by atoms with Crippen LogP contribution in [0.2, 0.25) is 0 Å². The first-order chi connectivity index (χ1) is 18.4. The number of hydrogen-bond donors (Lipinski definition) is 0. The standard InChI is InChI=1S/C20H21F6O9PS4/c1-3-13-7-5-9-15(37-19(21,22)23)17(13)39(28,29)34-11-32-36(27)33-12-35-40(30,31)18-14(4-2)8-6-10-16(18)38-20(24,25)26/h5-10,36H,3-4,11-12H2,1-2H3. The molecule has 0 aromatic heterocycles. The van der Waals surface area contributed by atoms with E-state index >= 15 is 0 Å². The Bertz CT molecular complexity index is 1310. The molecule has 0 spiro atoms. The number of hydrogen-bond acceptors (Lipinski definition) is 11. The minimum Gasteiger partial charge on any atom is -0.282 e. The van der Waals surface area contributed by atoms with Gasteiger partial charge in [-0.05, 0) is 59.6 Å². The summed E-state index contributed by atoms with van der Waals surface area (Å²) in [5, 5.41) is 0. The van der Waals surface area contributed by atoms with Crippen LogP contribution in [0.1, 0.15) is 25.0 Å². The van der Waals surface area contributed by atoms with Gasteiger partial charge >= 0.3 is 39.5 Å². The Hall–Kier alpha value is -1.31. The molecule has 0 aliphatic rings. The van der Waals surface area contributed by atoms with Crippen LogP contribution in [0.5, 0.6) is 0 Å². The van der Waals surface area contributed by atoms with Gasteiger partial charge in [0.15, 0.2) is 13.6 Å². The van der Waals surface area contributed by atoms with Gasteiger partial charge in [-0.15, -0.1) is 0 Å². The van der Waals surface area contributed by atoms with Crippen LogP contribution in [-0.2, 0) is 55.1 Å². The molecule has 0 aliphatic carbocycles. The van der Waals surface area contributed by atoms with Gasteiger partial charge in [-0.3, -0.25) is 13.6 Å². The number of rotatable bonds is 14. The summed E-state index contributed by atoms with van der Waals surface area (Å²) < 4.78 is 158. The predicted molar refractivity (Wildman–Crippen MR) is 133 cm³/mol. The summed E-state index contributed by atoms with van der Waals surface area (Å²) in [6.07, 6.45) is 0.0574. The van der Waals surface area contributed by atoms with E-state index in [1.54, 1.807) is 0 Å². The lowest BCUT2D eigenvalue weighted by atomic mass is 10.2. The van der Waals surface area contributed by atoms with Crippen molar-refractivity contribution in [3.8, 4) is 0 Å². The fourth-order valence-electron chi connectivity index (χ4n) is 3.09. The first-order valence-electron chi connectivity index (χ1n) is 10.7. The van der Waals surface area contributed by atoms with E-state index in [4.69, 9.17) is 0 Å². The summed E-state index contributed by atoms with van der Waals surface area (Å²) in [7, 11) is -13.4. The normalized spacial score (nSPS) is 13.2. The van der Waals surface area contributed by atoms with Crippen molar-refractivity contribution in [2.24, 2.45) is 0 Å². The topological polar surface area (TPSA) is 122 Å². The van der Waals surface area contributed by atoms with E-state index in [2.05, 4.69) is 17.4 Å². The average molecular weight is 679 g/mol. The summed E-state index contributed by atoms with van der Waals surface area (Å²) in [5.41, 5.74) is -9.61. The molecule has 0 aliphatic heterocycles. The molecule has 0 amide bonds. The second-order valence-corrected chi connectivity index (χ2v) is 13.6. The highest BCUT2D eigenvalue weighted by Gasteiger charge is 2.35. The summed E-state index contributed by atoms with van der Waals surface area (Å²) in [6, 6.07) is 6.85. The second-order valence-electron chi connectivity index (χ2n) is 7.21. The van der Waals surface area contributed by atoms with E-state index in [1.165, 1.54) is 38.1 Å². The SMILES string of the molecule is CCc1cccc(SC(F)(F)F)c1S(=O)(=O)OCO[PH](=O)OCOS(=O)(=O)c1c(CC)cccc1SC(F)(F)F. The molecule has 2 aromatic carbocycles. The molecule has 0 saturated heterocycles. The second kappa shape index (κ2) is 14.2. The van der Waals surface area contributed by atoms with E-state index in [0.29, 0.717) is 0 Å². The summed E-state index contributed by atoms with van der Waals surface area (Å²) in [5.74, 6) is 0. The number of halogens is 6. The molecule has 0 radical (unpaired) electrons. The van der Waals surface area contributed by atoms with Crippen molar-refractivity contribution in [3.63, 3.8) is 0 Å². The quantitative estimate of drug-likeness (QED) is 0.0717. The molecule has 20 heteroatoms. The molecule has 0 heterocycles. The highest BCUT2D eigenvalue weighted by Crippen LogP contribution is 2.43. The summed E-state index contributed by atoms with van der Waals surface area (Å²) in [4.78, 5) is -2.85. The van der Waals surface area contributed by atoms with Crippen molar-refractivity contribution in [1.82, 2.24) is 0 Å². The molecular formula is C20H21F6O9PS4. The Balaban J connectivity index is 2.05. The lowest BCUT2D eigenvalue weighted by molar-refractivity contribution is -0.0338. The molecule has 0 atom stereocenters. The molecule has 40 heavy (non-hydrogen) atoms. The monoisotopic (exact) mass is 678 g/mol. The smallest absolute Gasteiger partial charge is 0.282 e. The van der Waals surface area contributed by atoms with Crippen LogP contribution in [-0.4, -0.2) is 41.4 Å². The molecule has 0 N–H and O–H groups in total. The third-order valence-electron chi connectivity index (χ3n) is 4.59. The van der Waals surface area contributed by atoms with Crippen LogP contribution in [0, 0.1) is 0 Å². The maximum Gasteiger partial charge on any atom is 0.446 e. The van der Waals surface area contributed by atoms with Crippen LogP contribution in [0.25, 0.3) is 0 Å². The van der Waals surface area contributed by atoms with Gasteiger partial charge in [0.2, 0.25) is 0 Å². The van der Waals surface area contributed by atoms with Crippen molar-refractivity contribution in [3.05, 3.63) is 47.5 Å². The highest BCUT2D eigenvalue weighted by molar-refractivity contribution is 8.01. The van der Waals surface area contributed by atoms with Gasteiger partial charge < -0.3 is 0 Å². The largest absolute Gasteiger partial charge is 0.446 e. The Kier molecular flexibility index (Phi) is 12.4. The fraction of sp³-hybridized carbons (Fsp3) is 0.400. The first kappa shape index (κ1) is 34.9. The Labute approximate surface area is 235 Å². The molecule has 0 bridgehead atoms. The van der Waals surface area contributed by atoms with Crippen LogP contribution >= 0.6 is 31.8 Å². The van der Waals surface area contributed by atoms with E-state index < -0.39 is 96.2 Å². The molecule has 2 rings (SSSR count). The van der Waals surface area contributed by atoms with Crippen molar-refractivity contribution >= 4 is 52.0 Å². The number of thioether (sulfide) groups is 2. The van der Waals surface area contributed by atoms with Gasteiger partial charge in [0.05, 0.1) is 0 Å². The Morgan fingerprint density at radius 3 is 1.35 bits per heavy atom. The summed E-state index contributed by atoms with van der Waals surface area (Å²) >= 11 is -1.35. The minimum absolute atomic E-state index is 0.00664. The molecule has 0 unspecified atom stereocenters. The molecular weight excluding hydrogens is 657 g/mol. The third kappa shape index (κ3) is 10.5. The van der Waals surface area contributed by atoms with E-state index in [0.717, 1.165) is 12.1 Å². The Morgan fingerprint density at radius 2 is 1.05 bits per heavy atom. The predicted octanol–water partition coefficient (Wildman–Crippen LogP) is 6.48. The van der Waals surface area contributed by atoms with Crippen molar-refractivity contribution in [2.75, 3.05) is 13.6 Å². The van der Waals surface area contributed by atoms with E-state index in [1.807, 2.05) is 0 Å². The number of aryl methyl sites for hydroxylation is 2. The van der Waals surface area contributed by atoms with E-state index in [9.17, 15) is 47.7 Å². The van der Waals surface area contributed by atoms with Crippen LogP contribution in [0.4, 0.5) is 26.3 Å². The van der Waals surface area contributed by atoms with Gasteiger partial charge in [-0.25, -0.2) is 8.37 Å². The minimum atomic E-state index is -4.85. The first-order valence-corrected chi connectivity index (χ1v) is 16.4. The van der Waals surface area contributed by atoms with Gasteiger partial charge in [0, 0.05) is 9.79 Å². The van der Waals surface area contributed by atoms with Crippen molar-refractivity contribution < 1.29 is 65.2 Å². The maximum atomic E-state index is 12.9. The lowest BCUT2D eigenvalue weighted by Crippen LogP contribution is -2.14. The zero-order valence-electron chi connectivity index (χ0n) is 20.4. The lowest BCUT2D eigenvalue weighted by Gasteiger charge is -2.15.